The number of ether oxygens (including phenoxy) is 1. The summed E-state index contributed by atoms with van der Waals surface area (Å²) in [4.78, 5) is 15.9. The number of azide groups is 1. The van der Waals surface area contributed by atoms with Crippen LogP contribution in [0.2, 0.25) is 5.02 Å². The summed E-state index contributed by atoms with van der Waals surface area (Å²) in [5.41, 5.74) is 10.7. The molecule has 0 fully saturated rings. The van der Waals surface area contributed by atoms with Crippen molar-refractivity contribution in [3.05, 3.63) is 86.5 Å². The highest BCUT2D eigenvalue weighted by Gasteiger charge is 2.20. The van der Waals surface area contributed by atoms with E-state index in [1.54, 1.807) is 26.0 Å². The minimum absolute atomic E-state index is 0.0414. The minimum Gasteiger partial charge on any atom is -0.478 e. The van der Waals surface area contributed by atoms with E-state index in [9.17, 15) is 9.65 Å². The molecule has 0 amide bonds. The zero-order valence-electron chi connectivity index (χ0n) is 21.8. The number of benzene rings is 1. The van der Waals surface area contributed by atoms with Crippen LogP contribution in [0.3, 0.4) is 0 Å². The van der Waals surface area contributed by atoms with E-state index in [1.807, 2.05) is 6.07 Å². The van der Waals surface area contributed by atoms with Crippen molar-refractivity contribution in [2.24, 2.45) is 5.11 Å². The number of nitriles is 1. The van der Waals surface area contributed by atoms with Crippen LogP contribution in [-0.4, -0.2) is 28.1 Å². The number of aromatic nitrogens is 3. The van der Waals surface area contributed by atoms with Gasteiger partial charge >= 0.3 is 0 Å². The molecule has 4 rings (SSSR count). The van der Waals surface area contributed by atoms with Gasteiger partial charge in [-0.25, -0.2) is 23.7 Å². The third kappa shape index (κ3) is 6.54. The Morgan fingerprint density at radius 1 is 1.15 bits per heavy atom. The molecule has 0 saturated carbocycles. The molecule has 0 radical (unpaired) electrons. The van der Waals surface area contributed by atoms with Crippen molar-refractivity contribution in [2.75, 3.05) is 18.5 Å². The minimum atomic E-state index is -0.594. The van der Waals surface area contributed by atoms with Gasteiger partial charge in [-0.1, -0.05) is 16.7 Å². The predicted molar refractivity (Wildman–Crippen MR) is 149 cm³/mol. The van der Waals surface area contributed by atoms with Gasteiger partial charge in [0.25, 0.3) is 0 Å². The Morgan fingerprint density at radius 3 is 2.70 bits per heavy atom. The molecule has 0 aliphatic rings. The van der Waals surface area contributed by atoms with E-state index in [1.165, 1.54) is 30.5 Å². The molecule has 0 unspecified atom stereocenters. The monoisotopic (exact) mass is 562 g/mol. The lowest BCUT2D eigenvalue weighted by molar-refractivity contribution is 0.294. The number of hydrogen-bond acceptors (Lipinski definition) is 7. The summed E-state index contributed by atoms with van der Waals surface area (Å²) in [6.45, 7) is 4.31. The van der Waals surface area contributed by atoms with Gasteiger partial charge in [0.1, 0.15) is 17.0 Å². The third-order valence-corrected chi connectivity index (χ3v) is 6.66. The fourth-order valence-corrected chi connectivity index (χ4v) is 4.31. The first kappa shape index (κ1) is 28.5. The van der Waals surface area contributed by atoms with Crippen LogP contribution in [0.4, 0.5) is 14.5 Å². The highest BCUT2D eigenvalue weighted by Crippen LogP contribution is 2.36. The molecule has 0 aliphatic carbocycles. The fraction of sp³-hybridized carbons (Fsp3) is 0.286. The maximum atomic E-state index is 15.2. The summed E-state index contributed by atoms with van der Waals surface area (Å²) in [7, 11) is 0. The molecule has 0 spiro atoms. The molecule has 0 bridgehead atoms. The van der Waals surface area contributed by atoms with Crippen LogP contribution in [0.1, 0.15) is 49.0 Å². The van der Waals surface area contributed by atoms with Crippen molar-refractivity contribution in [3.8, 4) is 23.2 Å². The topological polar surface area (TPSA) is 132 Å². The fourth-order valence-electron chi connectivity index (χ4n) is 4.13. The van der Waals surface area contributed by atoms with Crippen LogP contribution >= 0.6 is 11.6 Å². The maximum Gasteiger partial charge on any atom is 0.213 e. The number of hydrogen-bond donors (Lipinski definition) is 1. The van der Waals surface area contributed by atoms with E-state index < -0.39 is 17.7 Å². The second kappa shape index (κ2) is 13.0. The van der Waals surface area contributed by atoms with E-state index in [-0.39, 0.29) is 21.8 Å². The lowest BCUT2D eigenvalue weighted by Gasteiger charge is -2.20. The van der Waals surface area contributed by atoms with Crippen molar-refractivity contribution in [1.82, 2.24) is 15.0 Å². The van der Waals surface area contributed by atoms with Crippen molar-refractivity contribution < 1.29 is 13.5 Å². The number of pyridine rings is 3. The van der Waals surface area contributed by atoms with Crippen LogP contribution in [0.15, 0.2) is 47.7 Å². The van der Waals surface area contributed by atoms with Crippen molar-refractivity contribution in [1.29, 1.82) is 5.26 Å². The molecule has 4 aromatic rings. The summed E-state index contributed by atoms with van der Waals surface area (Å²) in [6.07, 6.45) is 3.87. The lowest BCUT2D eigenvalue weighted by atomic mass is 10.0. The summed E-state index contributed by atoms with van der Waals surface area (Å²) >= 11 is 6.60. The average molecular weight is 563 g/mol. The third-order valence-electron chi connectivity index (χ3n) is 6.20. The standard InChI is InChI=1S/C28H25ClF2N8O/c1-16(20-12-18(14-32)6-8-21(20)30)37-28-25(29)17(2)36-23-13-22(31)26(38-27(23)28)19-7-9-24(34-15-19)40-11-5-3-4-10-35-39-33/h6-9,12-13,15-16H,3-5,10-11H2,1-2H3,(H,36,37)/t16-/m1/s1. The summed E-state index contributed by atoms with van der Waals surface area (Å²) in [5.74, 6) is -0.687. The largest absolute Gasteiger partial charge is 0.478 e. The van der Waals surface area contributed by atoms with Gasteiger partial charge < -0.3 is 10.1 Å². The first-order valence-corrected chi connectivity index (χ1v) is 12.9. The zero-order chi connectivity index (χ0) is 28.6. The van der Waals surface area contributed by atoms with Crippen LogP contribution in [0.5, 0.6) is 5.88 Å². The second-order valence-electron chi connectivity index (χ2n) is 9.04. The Bertz CT molecular complexity index is 1620. The molecule has 0 aliphatic heterocycles. The Labute approximate surface area is 234 Å². The summed E-state index contributed by atoms with van der Waals surface area (Å²) in [5, 5.41) is 16.2. The zero-order valence-corrected chi connectivity index (χ0v) is 22.6. The van der Waals surface area contributed by atoms with E-state index in [2.05, 4.69) is 30.3 Å². The van der Waals surface area contributed by atoms with Crippen LogP contribution in [0.25, 0.3) is 32.7 Å². The molecule has 40 heavy (non-hydrogen) atoms. The predicted octanol–water partition coefficient (Wildman–Crippen LogP) is 7.84. The molecule has 1 N–H and O–H groups in total. The maximum absolute atomic E-state index is 15.2. The van der Waals surface area contributed by atoms with E-state index in [0.717, 1.165) is 19.3 Å². The molecule has 3 heterocycles. The van der Waals surface area contributed by atoms with Crippen molar-refractivity contribution >= 4 is 28.3 Å². The SMILES string of the molecule is Cc1nc2cc(F)c(-c3ccc(OCCCCCN=[N+]=[N-])nc3)nc2c(N[C@H](C)c2cc(C#N)ccc2F)c1Cl. The van der Waals surface area contributed by atoms with Gasteiger partial charge in [0, 0.05) is 40.9 Å². The first-order valence-electron chi connectivity index (χ1n) is 12.5. The van der Waals surface area contributed by atoms with Gasteiger partial charge in [-0.15, -0.1) is 0 Å². The number of anilines is 1. The quantitative estimate of drug-likeness (QED) is 0.0856. The molecule has 12 heteroatoms. The Kier molecular flexibility index (Phi) is 9.27. The van der Waals surface area contributed by atoms with Crippen LogP contribution < -0.4 is 10.1 Å². The van der Waals surface area contributed by atoms with Crippen LogP contribution in [-0.2, 0) is 0 Å². The van der Waals surface area contributed by atoms with Gasteiger partial charge in [-0.05, 0) is 62.9 Å². The average Bonchev–Trinajstić information content (AvgIpc) is 2.95. The Balaban J connectivity index is 1.60. The van der Waals surface area contributed by atoms with Gasteiger partial charge in [-0.2, -0.15) is 5.26 Å². The molecule has 0 saturated heterocycles. The smallest absolute Gasteiger partial charge is 0.213 e. The highest BCUT2D eigenvalue weighted by atomic mass is 35.5. The van der Waals surface area contributed by atoms with Gasteiger partial charge in [0.05, 0.1) is 46.2 Å². The molecule has 1 aromatic carbocycles. The summed E-state index contributed by atoms with van der Waals surface area (Å²) < 4.78 is 35.4. The molecular weight excluding hydrogens is 538 g/mol. The molecule has 9 nitrogen and oxygen atoms in total. The number of halogens is 3. The molecular formula is C28H25ClF2N8O. The van der Waals surface area contributed by atoms with Gasteiger partial charge in [0.2, 0.25) is 5.88 Å². The number of unbranched alkanes of at least 4 members (excludes halogenated alkanes) is 2. The number of nitrogens with one attached hydrogen (secondary N) is 1. The molecule has 204 valence electrons. The number of aryl methyl sites for hydroxylation is 1. The number of fused-ring (bicyclic) bond motifs is 1. The van der Waals surface area contributed by atoms with Crippen LogP contribution in [0, 0.1) is 29.9 Å². The van der Waals surface area contributed by atoms with Gasteiger partial charge in [-0.3, -0.25) is 0 Å². The van der Waals surface area contributed by atoms with E-state index in [4.69, 9.17) is 21.9 Å². The van der Waals surface area contributed by atoms with E-state index >= 15 is 4.39 Å². The highest BCUT2D eigenvalue weighted by molar-refractivity contribution is 6.35. The van der Waals surface area contributed by atoms with Crippen molar-refractivity contribution in [2.45, 2.75) is 39.2 Å². The summed E-state index contributed by atoms with van der Waals surface area (Å²) in [6, 6.07) is 10.1. The Hall–Kier alpha value is -4.52. The number of rotatable bonds is 11. The number of nitrogens with zero attached hydrogens (tertiary/aromatic N) is 7. The first-order chi connectivity index (χ1) is 19.3. The van der Waals surface area contributed by atoms with Crippen molar-refractivity contribution in [3.63, 3.8) is 0 Å². The second-order valence-corrected chi connectivity index (χ2v) is 9.41. The molecule has 1 atom stereocenters. The lowest BCUT2D eigenvalue weighted by Crippen LogP contribution is -2.11. The molecule has 3 aromatic heterocycles. The Morgan fingerprint density at radius 2 is 1.98 bits per heavy atom. The normalized spacial score (nSPS) is 11.5. The van der Waals surface area contributed by atoms with Gasteiger partial charge in [0.15, 0.2) is 5.82 Å². The van der Waals surface area contributed by atoms with E-state index in [0.29, 0.717) is 47.1 Å².